The Morgan fingerprint density at radius 1 is 0.373 bits per heavy atom. The molecule has 7 amide bonds. The van der Waals surface area contributed by atoms with Gasteiger partial charge < -0.3 is 34.5 Å². The number of hydrogen-bond acceptors (Lipinski definition) is 23. The van der Waals surface area contributed by atoms with Gasteiger partial charge in [-0.05, 0) is 219 Å². The molecule has 4 atom stereocenters. The average molecular weight is 1570 g/mol. The van der Waals surface area contributed by atoms with E-state index in [4.69, 9.17) is 29.2 Å². The Balaban J connectivity index is 0.000000169. The highest BCUT2D eigenvalue weighted by Crippen LogP contribution is 2.40. The third kappa shape index (κ3) is 24.5. The normalized spacial score (nSPS) is 18.9. The SMILES string of the molecule is C=C1NC(=O)[C@](C)(Cc2ccc(OCC(=O)c3ccc(CC)cn3)cc2)S1.CCc1ccc(C(=O)COc2ccc(C[C@@]3(C)SC(=O)NC3=O)cc2)nc1.C[C@@]1(Cc2ccc(OCCc3ccc(CC(=O)O)cn3)cc2)SC(=O)NC1=O.C[C@]1(Cc2ccc(OCCc3ccc(CC(=O)O)cn3)cc2)SC(=O)NC1=O. The van der Waals surface area contributed by atoms with Gasteiger partial charge in [0.15, 0.2) is 13.2 Å². The molecular weight excluding hydrogens is 1490 g/mol. The number of carboxylic acids is 2. The fraction of sp³-hybridized carbons (Fsp3) is 0.296. The van der Waals surface area contributed by atoms with E-state index in [-0.39, 0.29) is 77.0 Å². The summed E-state index contributed by atoms with van der Waals surface area (Å²) in [7, 11) is 0. The number of aliphatic carboxylic acids is 2. The van der Waals surface area contributed by atoms with Crippen molar-refractivity contribution in [3.63, 3.8) is 0 Å². The zero-order chi connectivity index (χ0) is 79.2. The minimum absolute atomic E-state index is 0.0231. The lowest BCUT2D eigenvalue weighted by Gasteiger charge is -2.19. The third-order valence-electron chi connectivity index (χ3n) is 17.5. The lowest BCUT2D eigenvalue weighted by atomic mass is 9.99. The molecule has 0 unspecified atom stereocenters. The molecule has 8 heterocycles. The number of aryl methyl sites for hydroxylation is 2. The van der Waals surface area contributed by atoms with Crippen molar-refractivity contribution >= 4 is 110 Å². The van der Waals surface area contributed by atoms with Crippen molar-refractivity contribution < 1.29 is 81.9 Å². The highest BCUT2D eigenvalue weighted by Gasteiger charge is 2.46. The van der Waals surface area contributed by atoms with Gasteiger partial charge in [0.1, 0.15) is 53.4 Å². The number of benzene rings is 4. The zero-order valence-electron chi connectivity index (χ0n) is 61.2. The summed E-state index contributed by atoms with van der Waals surface area (Å²) in [5.74, 6) is -0.351. The molecule has 572 valence electrons. The Morgan fingerprint density at radius 3 is 0.900 bits per heavy atom. The second kappa shape index (κ2) is 38.4. The maximum atomic E-state index is 12.2. The second-order valence-corrected chi connectivity index (χ2v) is 32.6. The predicted molar refractivity (Wildman–Crippen MR) is 419 cm³/mol. The van der Waals surface area contributed by atoms with Crippen molar-refractivity contribution in [3.8, 4) is 23.0 Å². The van der Waals surface area contributed by atoms with Gasteiger partial charge in [-0.3, -0.25) is 88.6 Å². The summed E-state index contributed by atoms with van der Waals surface area (Å²) in [6, 6.07) is 43.8. The van der Waals surface area contributed by atoms with Crippen LogP contribution in [0.5, 0.6) is 23.0 Å². The molecule has 12 rings (SSSR count). The minimum Gasteiger partial charge on any atom is -0.493 e. The van der Waals surface area contributed by atoms with E-state index in [2.05, 4.69) is 47.8 Å². The smallest absolute Gasteiger partial charge is 0.307 e. The molecule has 29 heteroatoms. The van der Waals surface area contributed by atoms with E-state index in [0.717, 1.165) is 92.9 Å². The van der Waals surface area contributed by atoms with E-state index in [1.165, 1.54) is 11.8 Å². The summed E-state index contributed by atoms with van der Waals surface area (Å²) < 4.78 is 19.6. The quantitative estimate of drug-likeness (QED) is 0.0228. The van der Waals surface area contributed by atoms with Gasteiger partial charge in [-0.25, -0.2) is 0 Å². The van der Waals surface area contributed by atoms with Crippen LogP contribution in [0.15, 0.2) is 182 Å². The molecular formula is C81H82N8O17S4. The molecule has 25 nitrogen and oxygen atoms in total. The molecule has 4 saturated heterocycles. The fourth-order valence-corrected chi connectivity index (χ4v) is 15.2. The van der Waals surface area contributed by atoms with Gasteiger partial charge in [0.25, 0.3) is 15.7 Å². The summed E-state index contributed by atoms with van der Waals surface area (Å²) in [4.78, 5) is 144. The van der Waals surface area contributed by atoms with Crippen LogP contribution in [0.4, 0.5) is 14.4 Å². The number of ether oxygens (including phenoxy) is 4. The summed E-state index contributed by atoms with van der Waals surface area (Å²) >= 11 is 4.50. The first-order chi connectivity index (χ1) is 52.5. The van der Waals surface area contributed by atoms with E-state index in [1.807, 2.05) is 118 Å². The number of imide groups is 3. The molecule has 6 N–H and O–H groups in total. The van der Waals surface area contributed by atoms with Gasteiger partial charge >= 0.3 is 11.9 Å². The van der Waals surface area contributed by atoms with Crippen molar-refractivity contribution in [2.75, 3.05) is 26.4 Å². The number of carboxylic acid groups (broad SMARTS) is 2. The molecule has 0 bridgehead atoms. The maximum Gasteiger partial charge on any atom is 0.307 e. The number of amides is 7. The van der Waals surface area contributed by atoms with Crippen LogP contribution in [0.25, 0.3) is 0 Å². The first-order valence-electron chi connectivity index (χ1n) is 34.9. The first kappa shape index (κ1) is 83.0. The number of thioether (sulfide) groups is 4. The standard InChI is InChI=1S/C21H22N2O3S.2C20H20N2O5S.C20H20N2O4S/c1-4-15-7-10-18(22-12-15)19(24)13-26-17-8-5-16(6-9-17)11-21(3)20(25)23-14(2)27-21;2*1-20(18(25)22-19(26)28-20)11-13-3-6-16(7-4-13)27-9-8-15-5-2-14(12-21-15)10-17(23)24;1-3-13-6-9-16(21-11-13)17(23)12-26-15-7-4-14(5-8-15)10-20(2)18(24)22-19(25)27-20/h5-10,12H,2,4,11,13H2,1,3H3,(H,23,25);2*2-7,12H,8-11H2,1H3,(H,23,24)(H,22,25,26);4-9,11H,3,10,12H2,1-2H3,(H,22,24,25)/t21-;3*20-/m0101/s1. The van der Waals surface area contributed by atoms with Gasteiger partial charge in [-0.1, -0.05) is 105 Å². The number of hydrogen-bond donors (Lipinski definition) is 6. The van der Waals surface area contributed by atoms with Crippen LogP contribution in [0.1, 0.15) is 118 Å². The Bertz CT molecular complexity index is 4380. The van der Waals surface area contributed by atoms with Crippen molar-refractivity contribution in [2.45, 2.75) is 125 Å². The highest BCUT2D eigenvalue weighted by molar-refractivity contribution is 8.16. The van der Waals surface area contributed by atoms with Gasteiger partial charge in [-0.15, -0.1) is 0 Å². The summed E-state index contributed by atoms with van der Waals surface area (Å²) in [6.45, 7) is 15.8. The molecule has 4 fully saturated rings. The van der Waals surface area contributed by atoms with Crippen molar-refractivity contribution in [1.82, 2.24) is 41.2 Å². The molecule has 4 aliphatic rings. The first-order valence-corrected chi connectivity index (χ1v) is 38.2. The van der Waals surface area contributed by atoms with Crippen LogP contribution >= 0.6 is 47.0 Å². The number of carbonyl (C=O) groups is 11. The van der Waals surface area contributed by atoms with E-state index in [0.29, 0.717) is 102 Å². The molecule has 4 aromatic carbocycles. The molecule has 8 aromatic rings. The Morgan fingerprint density at radius 2 is 0.655 bits per heavy atom. The van der Waals surface area contributed by atoms with Crippen LogP contribution in [0.3, 0.4) is 0 Å². The summed E-state index contributed by atoms with van der Waals surface area (Å²) in [5.41, 5.74) is 9.75. The number of ketones is 2. The van der Waals surface area contributed by atoms with Crippen molar-refractivity contribution in [3.05, 3.63) is 249 Å². The Labute approximate surface area is 652 Å². The van der Waals surface area contributed by atoms with E-state index in [1.54, 1.807) is 94.1 Å². The van der Waals surface area contributed by atoms with Gasteiger partial charge in [0.2, 0.25) is 35.2 Å². The van der Waals surface area contributed by atoms with Gasteiger partial charge in [0.05, 0.1) is 31.1 Å². The largest absolute Gasteiger partial charge is 0.493 e. The zero-order valence-corrected chi connectivity index (χ0v) is 64.5. The monoisotopic (exact) mass is 1570 g/mol. The topological polar surface area (TPSA) is 365 Å². The predicted octanol–water partition coefficient (Wildman–Crippen LogP) is 12.0. The minimum atomic E-state index is -0.880. The molecule has 110 heavy (non-hydrogen) atoms. The number of nitrogens with zero attached hydrogens (tertiary/aromatic N) is 4. The summed E-state index contributed by atoms with van der Waals surface area (Å²) in [5, 5.41) is 27.0. The lowest BCUT2D eigenvalue weighted by molar-refractivity contribution is -0.137. The van der Waals surface area contributed by atoms with Crippen LogP contribution in [0.2, 0.25) is 0 Å². The number of nitrogens with one attached hydrogen (secondary N) is 4. The van der Waals surface area contributed by atoms with Gasteiger partial charge in [-0.2, -0.15) is 0 Å². The van der Waals surface area contributed by atoms with Crippen LogP contribution in [-0.2, 0) is 93.0 Å². The van der Waals surface area contributed by atoms with Crippen molar-refractivity contribution in [2.24, 2.45) is 0 Å². The number of carbonyl (C=O) groups excluding carboxylic acids is 9. The molecule has 0 spiro atoms. The van der Waals surface area contributed by atoms with E-state index in [9.17, 15) is 52.7 Å². The molecule has 4 aliphatic heterocycles. The molecule has 0 radical (unpaired) electrons. The summed E-state index contributed by atoms with van der Waals surface area (Å²) in [6.07, 6.45) is 11.4. The number of rotatable bonds is 30. The maximum absolute atomic E-state index is 12.2. The third-order valence-corrected chi connectivity index (χ3v) is 21.8. The van der Waals surface area contributed by atoms with Crippen molar-refractivity contribution in [1.29, 1.82) is 0 Å². The molecule has 0 aliphatic carbocycles. The second-order valence-electron chi connectivity index (χ2n) is 26.6. The van der Waals surface area contributed by atoms with Crippen LogP contribution < -0.4 is 40.2 Å². The fourth-order valence-electron chi connectivity index (χ4n) is 11.3. The molecule has 4 aromatic heterocycles. The Kier molecular flexibility index (Phi) is 29.0. The highest BCUT2D eigenvalue weighted by atomic mass is 32.2. The van der Waals surface area contributed by atoms with Crippen LogP contribution in [-0.4, -0.2) is 138 Å². The van der Waals surface area contributed by atoms with E-state index >= 15 is 0 Å². The van der Waals surface area contributed by atoms with Crippen LogP contribution in [0, 0.1) is 0 Å². The molecule has 0 saturated carbocycles. The number of Topliss-reactive ketones (excluding diaryl/α,β-unsaturated/α-hetero) is 2. The number of aromatic nitrogens is 4. The number of pyridine rings is 4. The van der Waals surface area contributed by atoms with E-state index < -0.39 is 30.9 Å². The average Bonchev–Trinajstić information content (AvgIpc) is 1.67. The lowest BCUT2D eigenvalue weighted by Crippen LogP contribution is -2.35. The van der Waals surface area contributed by atoms with Gasteiger partial charge in [0, 0.05) is 49.0 Å². The Hall–Kier alpha value is -11.0.